The summed E-state index contributed by atoms with van der Waals surface area (Å²) in [5.74, 6) is -0.482. The minimum absolute atomic E-state index is 0.0177. The average Bonchev–Trinajstić information content (AvgIpc) is 2.38. The lowest BCUT2D eigenvalue weighted by Crippen LogP contribution is -2.06. The molecule has 0 aliphatic carbocycles. The fraction of sp³-hybridized carbons (Fsp3) is 0.0769. The maximum absolute atomic E-state index is 11.8. The van der Waals surface area contributed by atoms with Crippen molar-refractivity contribution < 1.29 is 9.53 Å². The lowest BCUT2D eigenvalue weighted by atomic mass is 10.2. The molecule has 0 amide bonds. The van der Waals surface area contributed by atoms with Crippen LogP contribution >= 0.6 is 39.1 Å². The standard InChI is InChI=1S/C13H8BrCl2NO2/c14-9-4-8(5-17-6-9)13(18)19-7-10-11(15)2-1-3-12(10)16/h1-6H,7H2. The lowest BCUT2D eigenvalue weighted by Gasteiger charge is -2.08. The van der Waals surface area contributed by atoms with E-state index in [1.54, 1.807) is 30.5 Å². The van der Waals surface area contributed by atoms with E-state index in [4.69, 9.17) is 27.9 Å². The largest absolute Gasteiger partial charge is 0.457 e. The van der Waals surface area contributed by atoms with Crippen molar-refractivity contribution in [2.24, 2.45) is 0 Å². The van der Waals surface area contributed by atoms with E-state index in [1.165, 1.54) is 6.20 Å². The van der Waals surface area contributed by atoms with Crippen LogP contribution in [0.15, 0.2) is 41.1 Å². The van der Waals surface area contributed by atoms with E-state index >= 15 is 0 Å². The molecule has 0 N–H and O–H groups in total. The molecule has 3 nitrogen and oxygen atoms in total. The summed E-state index contributed by atoms with van der Waals surface area (Å²) < 4.78 is 5.87. The Morgan fingerprint density at radius 2 is 1.95 bits per heavy atom. The first kappa shape index (κ1) is 14.3. The molecule has 6 heteroatoms. The number of nitrogens with zero attached hydrogens (tertiary/aromatic N) is 1. The summed E-state index contributed by atoms with van der Waals surface area (Å²) >= 11 is 15.2. The molecular formula is C13H8BrCl2NO2. The van der Waals surface area contributed by atoms with Gasteiger partial charge in [-0.1, -0.05) is 29.3 Å². The molecule has 0 atom stereocenters. The van der Waals surface area contributed by atoms with Crippen molar-refractivity contribution in [3.8, 4) is 0 Å². The van der Waals surface area contributed by atoms with Gasteiger partial charge in [0.05, 0.1) is 5.56 Å². The number of hydrogen-bond acceptors (Lipinski definition) is 3. The molecule has 0 spiro atoms. The Labute approximate surface area is 128 Å². The number of carbonyl (C=O) groups is 1. The number of aromatic nitrogens is 1. The molecule has 1 aromatic carbocycles. The van der Waals surface area contributed by atoms with Crippen molar-refractivity contribution in [3.63, 3.8) is 0 Å². The van der Waals surface area contributed by atoms with Crippen LogP contribution in [0, 0.1) is 0 Å². The molecule has 0 fully saturated rings. The molecule has 98 valence electrons. The van der Waals surface area contributed by atoms with Crippen LogP contribution in [0.5, 0.6) is 0 Å². The second kappa shape index (κ2) is 6.37. The third-order valence-corrected chi connectivity index (χ3v) is 3.49. The lowest BCUT2D eigenvalue weighted by molar-refractivity contribution is 0.0472. The van der Waals surface area contributed by atoms with Crippen LogP contribution in [0.1, 0.15) is 15.9 Å². The summed E-state index contributed by atoms with van der Waals surface area (Å²) in [6, 6.07) is 6.74. The van der Waals surface area contributed by atoms with E-state index in [0.29, 0.717) is 25.6 Å². The predicted octanol–water partition coefficient (Wildman–Crippen LogP) is 4.51. The summed E-state index contributed by atoms with van der Waals surface area (Å²) in [6.45, 7) is 0.0177. The van der Waals surface area contributed by atoms with E-state index in [9.17, 15) is 4.79 Å². The molecule has 0 aliphatic heterocycles. The molecule has 0 unspecified atom stereocenters. The average molecular weight is 361 g/mol. The zero-order valence-corrected chi connectivity index (χ0v) is 12.7. The number of carbonyl (C=O) groups excluding carboxylic acids is 1. The van der Waals surface area contributed by atoms with Crippen molar-refractivity contribution in [3.05, 3.63) is 62.3 Å². The minimum Gasteiger partial charge on any atom is -0.457 e. The van der Waals surface area contributed by atoms with Crippen molar-refractivity contribution in [2.75, 3.05) is 0 Å². The zero-order chi connectivity index (χ0) is 13.8. The summed E-state index contributed by atoms with van der Waals surface area (Å²) in [5.41, 5.74) is 0.944. The van der Waals surface area contributed by atoms with Gasteiger partial charge in [-0.2, -0.15) is 0 Å². The summed E-state index contributed by atoms with van der Waals surface area (Å²) in [5, 5.41) is 0.931. The van der Waals surface area contributed by atoms with E-state index in [2.05, 4.69) is 20.9 Å². The SMILES string of the molecule is O=C(OCc1c(Cl)cccc1Cl)c1cncc(Br)c1. The van der Waals surface area contributed by atoms with Gasteiger partial charge in [-0.15, -0.1) is 0 Å². The normalized spacial score (nSPS) is 10.3. The molecule has 1 aromatic heterocycles. The zero-order valence-electron chi connectivity index (χ0n) is 9.57. The van der Waals surface area contributed by atoms with Gasteiger partial charge in [0, 0.05) is 32.5 Å². The highest BCUT2D eigenvalue weighted by Gasteiger charge is 2.11. The van der Waals surface area contributed by atoms with Crippen LogP contribution in [-0.4, -0.2) is 11.0 Å². The summed E-state index contributed by atoms with van der Waals surface area (Å²) in [4.78, 5) is 15.7. The van der Waals surface area contributed by atoms with E-state index in [-0.39, 0.29) is 6.61 Å². The fourth-order valence-electron chi connectivity index (χ4n) is 1.41. The molecule has 0 bridgehead atoms. The number of halogens is 3. The Hall–Kier alpha value is -1.10. The van der Waals surface area contributed by atoms with Crippen molar-refractivity contribution in [1.82, 2.24) is 4.98 Å². The Balaban J connectivity index is 2.09. The van der Waals surface area contributed by atoms with Gasteiger partial charge in [0.1, 0.15) is 6.61 Å². The maximum atomic E-state index is 11.8. The van der Waals surface area contributed by atoms with E-state index < -0.39 is 5.97 Å². The number of benzene rings is 1. The predicted molar refractivity (Wildman–Crippen MR) is 77.5 cm³/mol. The van der Waals surface area contributed by atoms with E-state index in [1.807, 2.05) is 0 Å². The first-order valence-corrected chi connectivity index (χ1v) is 6.83. The van der Waals surface area contributed by atoms with Gasteiger partial charge in [-0.05, 0) is 34.1 Å². The highest BCUT2D eigenvalue weighted by molar-refractivity contribution is 9.10. The minimum atomic E-state index is -0.482. The van der Waals surface area contributed by atoms with Crippen LogP contribution < -0.4 is 0 Å². The fourth-order valence-corrected chi connectivity index (χ4v) is 2.29. The Morgan fingerprint density at radius 1 is 1.26 bits per heavy atom. The second-order valence-electron chi connectivity index (χ2n) is 3.67. The molecule has 0 saturated carbocycles. The second-order valence-corrected chi connectivity index (χ2v) is 5.40. The molecular weight excluding hydrogens is 353 g/mol. The van der Waals surface area contributed by atoms with E-state index in [0.717, 1.165) is 0 Å². The smallest absolute Gasteiger partial charge is 0.340 e. The number of hydrogen-bond donors (Lipinski definition) is 0. The highest BCUT2D eigenvalue weighted by Crippen LogP contribution is 2.25. The third kappa shape index (κ3) is 3.69. The monoisotopic (exact) mass is 359 g/mol. The van der Waals surface area contributed by atoms with Gasteiger partial charge >= 0.3 is 5.97 Å². The Kier molecular flexibility index (Phi) is 4.80. The highest BCUT2D eigenvalue weighted by atomic mass is 79.9. The Morgan fingerprint density at radius 3 is 2.58 bits per heavy atom. The van der Waals surface area contributed by atoms with Crippen molar-refractivity contribution in [1.29, 1.82) is 0 Å². The molecule has 2 aromatic rings. The van der Waals surface area contributed by atoms with Crippen LogP contribution in [0.3, 0.4) is 0 Å². The molecule has 0 saturated heterocycles. The Bertz CT molecular complexity index is 599. The molecule has 0 radical (unpaired) electrons. The van der Waals surface area contributed by atoms with Gasteiger partial charge < -0.3 is 4.74 Å². The number of pyridine rings is 1. The summed E-state index contributed by atoms with van der Waals surface area (Å²) in [6.07, 6.45) is 3.02. The van der Waals surface area contributed by atoms with Crippen molar-refractivity contribution in [2.45, 2.75) is 6.61 Å². The van der Waals surface area contributed by atoms with Crippen LogP contribution in [0.2, 0.25) is 10.0 Å². The third-order valence-electron chi connectivity index (χ3n) is 2.35. The summed E-state index contributed by atoms with van der Waals surface area (Å²) in [7, 11) is 0. The molecule has 19 heavy (non-hydrogen) atoms. The van der Waals surface area contributed by atoms with Gasteiger partial charge in [0.25, 0.3) is 0 Å². The first-order valence-electron chi connectivity index (χ1n) is 5.28. The van der Waals surface area contributed by atoms with Gasteiger partial charge in [0.15, 0.2) is 0 Å². The first-order chi connectivity index (χ1) is 9.08. The maximum Gasteiger partial charge on any atom is 0.340 e. The van der Waals surface area contributed by atoms with Gasteiger partial charge in [-0.25, -0.2) is 4.79 Å². The molecule has 0 aliphatic rings. The van der Waals surface area contributed by atoms with Crippen LogP contribution in [-0.2, 0) is 11.3 Å². The van der Waals surface area contributed by atoms with Crippen LogP contribution in [0.4, 0.5) is 0 Å². The topological polar surface area (TPSA) is 39.2 Å². The number of esters is 1. The quantitative estimate of drug-likeness (QED) is 0.756. The number of ether oxygens (including phenoxy) is 1. The number of rotatable bonds is 3. The van der Waals surface area contributed by atoms with Gasteiger partial charge in [-0.3, -0.25) is 4.98 Å². The van der Waals surface area contributed by atoms with Crippen molar-refractivity contribution >= 4 is 45.1 Å². The molecule has 2 rings (SSSR count). The van der Waals surface area contributed by atoms with Crippen LogP contribution in [0.25, 0.3) is 0 Å². The van der Waals surface area contributed by atoms with Gasteiger partial charge in [0.2, 0.25) is 0 Å². The molecule has 1 heterocycles.